The third kappa shape index (κ3) is 4.95. The van der Waals surface area contributed by atoms with Gasteiger partial charge in [-0.1, -0.05) is 44.2 Å². The number of hydrogen-bond donors (Lipinski definition) is 1. The van der Waals surface area contributed by atoms with E-state index in [2.05, 4.69) is 5.32 Å². The second-order valence-electron chi connectivity index (χ2n) is 5.60. The molecule has 0 saturated heterocycles. The Kier molecular flexibility index (Phi) is 6.02. The standard InChI is InChI=1S/C20H20F3NO/c1-3-15-6-5-7-16(4-2)19(15)24-18(25)13-10-14-8-11-17(12-9-14)20(21,22)23/h5-13H,3-4H2,1-2H3,(H,24,25)/b13-10+. The third-order valence-electron chi connectivity index (χ3n) is 3.91. The molecular formula is C20H20F3NO. The van der Waals surface area contributed by atoms with E-state index in [9.17, 15) is 18.0 Å². The van der Waals surface area contributed by atoms with Gasteiger partial charge >= 0.3 is 6.18 Å². The lowest BCUT2D eigenvalue weighted by Gasteiger charge is -2.13. The van der Waals surface area contributed by atoms with Gasteiger partial charge in [-0.15, -0.1) is 0 Å². The first-order valence-corrected chi connectivity index (χ1v) is 8.12. The van der Waals surface area contributed by atoms with E-state index in [1.165, 1.54) is 24.3 Å². The van der Waals surface area contributed by atoms with E-state index in [1.54, 1.807) is 0 Å². The van der Waals surface area contributed by atoms with Gasteiger partial charge in [0.05, 0.1) is 5.56 Å². The maximum Gasteiger partial charge on any atom is 0.416 e. The summed E-state index contributed by atoms with van der Waals surface area (Å²) < 4.78 is 37.6. The summed E-state index contributed by atoms with van der Waals surface area (Å²) in [5.74, 6) is -0.310. The Bertz CT molecular complexity index is 739. The van der Waals surface area contributed by atoms with Crippen molar-refractivity contribution in [2.45, 2.75) is 32.9 Å². The van der Waals surface area contributed by atoms with Crippen LogP contribution in [-0.2, 0) is 23.8 Å². The average Bonchev–Trinajstić information content (AvgIpc) is 2.59. The lowest BCUT2D eigenvalue weighted by Crippen LogP contribution is -2.11. The molecule has 0 aliphatic carbocycles. The first-order valence-electron chi connectivity index (χ1n) is 8.12. The monoisotopic (exact) mass is 347 g/mol. The first-order chi connectivity index (χ1) is 11.8. The van der Waals surface area contributed by atoms with Crippen LogP contribution < -0.4 is 5.32 Å². The molecule has 0 spiro atoms. The van der Waals surface area contributed by atoms with Crippen LogP contribution >= 0.6 is 0 Å². The van der Waals surface area contributed by atoms with Crippen molar-refractivity contribution in [3.63, 3.8) is 0 Å². The normalized spacial score (nSPS) is 11.7. The molecular weight excluding hydrogens is 327 g/mol. The Hall–Kier alpha value is -2.56. The quantitative estimate of drug-likeness (QED) is 0.713. The minimum absolute atomic E-state index is 0.310. The number of benzene rings is 2. The molecule has 0 aliphatic heterocycles. The number of carbonyl (C=O) groups excluding carboxylic acids is 1. The van der Waals surface area contributed by atoms with Gasteiger partial charge in [0.1, 0.15) is 0 Å². The molecule has 0 aromatic heterocycles. The van der Waals surface area contributed by atoms with Gasteiger partial charge in [-0.2, -0.15) is 13.2 Å². The molecule has 0 bridgehead atoms. The van der Waals surface area contributed by atoms with Crippen LogP contribution in [0.4, 0.5) is 18.9 Å². The minimum Gasteiger partial charge on any atom is -0.322 e. The van der Waals surface area contributed by atoms with Crippen LogP contribution in [0.15, 0.2) is 48.5 Å². The van der Waals surface area contributed by atoms with Crippen LogP contribution in [0.3, 0.4) is 0 Å². The smallest absolute Gasteiger partial charge is 0.322 e. The fraction of sp³-hybridized carbons (Fsp3) is 0.250. The van der Waals surface area contributed by atoms with Crippen LogP contribution in [0.25, 0.3) is 6.08 Å². The molecule has 0 radical (unpaired) electrons. The van der Waals surface area contributed by atoms with Crippen LogP contribution in [0.2, 0.25) is 0 Å². The average molecular weight is 347 g/mol. The largest absolute Gasteiger partial charge is 0.416 e. The van der Waals surface area contributed by atoms with Crippen LogP contribution in [0, 0.1) is 0 Å². The maximum absolute atomic E-state index is 12.5. The highest BCUT2D eigenvalue weighted by Crippen LogP contribution is 2.29. The molecule has 25 heavy (non-hydrogen) atoms. The number of carbonyl (C=O) groups is 1. The summed E-state index contributed by atoms with van der Waals surface area (Å²) in [6.45, 7) is 4.03. The number of hydrogen-bond acceptors (Lipinski definition) is 1. The summed E-state index contributed by atoms with van der Waals surface area (Å²) in [6, 6.07) is 10.6. The summed E-state index contributed by atoms with van der Waals surface area (Å²) >= 11 is 0. The molecule has 0 fully saturated rings. The van der Waals surface area contributed by atoms with Crippen molar-refractivity contribution < 1.29 is 18.0 Å². The van der Waals surface area contributed by atoms with Crippen molar-refractivity contribution in [1.82, 2.24) is 0 Å². The Morgan fingerprint density at radius 1 is 1.00 bits per heavy atom. The molecule has 1 N–H and O–H groups in total. The number of anilines is 1. The highest BCUT2D eigenvalue weighted by Gasteiger charge is 2.29. The number of rotatable bonds is 5. The number of para-hydroxylation sites is 1. The predicted molar refractivity (Wildman–Crippen MR) is 94.3 cm³/mol. The molecule has 0 unspecified atom stereocenters. The Balaban J connectivity index is 2.11. The van der Waals surface area contributed by atoms with Gasteiger partial charge in [-0.3, -0.25) is 4.79 Å². The SMILES string of the molecule is CCc1cccc(CC)c1NC(=O)/C=C/c1ccc(C(F)(F)F)cc1. The maximum atomic E-state index is 12.5. The number of amides is 1. The van der Waals surface area contributed by atoms with Gasteiger partial charge in [0.2, 0.25) is 5.91 Å². The van der Waals surface area contributed by atoms with Crippen LogP contribution in [0.1, 0.15) is 36.1 Å². The second kappa shape index (κ2) is 8.01. The molecule has 0 aliphatic rings. The number of aryl methyl sites for hydroxylation is 2. The molecule has 2 nitrogen and oxygen atoms in total. The summed E-state index contributed by atoms with van der Waals surface area (Å²) in [7, 11) is 0. The zero-order valence-electron chi connectivity index (χ0n) is 14.2. The Morgan fingerprint density at radius 2 is 1.56 bits per heavy atom. The highest BCUT2D eigenvalue weighted by molar-refractivity contribution is 6.02. The topological polar surface area (TPSA) is 29.1 Å². The van der Waals surface area contributed by atoms with Crippen molar-refractivity contribution in [2.75, 3.05) is 5.32 Å². The predicted octanol–water partition coefficient (Wildman–Crippen LogP) is 5.48. The van der Waals surface area contributed by atoms with Crippen LogP contribution in [0.5, 0.6) is 0 Å². The van der Waals surface area contributed by atoms with Crippen molar-refractivity contribution in [3.05, 3.63) is 70.8 Å². The van der Waals surface area contributed by atoms with Crippen molar-refractivity contribution in [2.24, 2.45) is 0 Å². The third-order valence-corrected chi connectivity index (χ3v) is 3.91. The zero-order valence-corrected chi connectivity index (χ0v) is 14.2. The van der Waals surface area contributed by atoms with E-state index >= 15 is 0 Å². The van der Waals surface area contributed by atoms with E-state index in [-0.39, 0.29) is 5.91 Å². The summed E-state index contributed by atoms with van der Waals surface area (Å²) in [6.07, 6.45) is 0.0579. The number of alkyl halides is 3. The van der Waals surface area contributed by atoms with Gasteiger partial charge in [0, 0.05) is 11.8 Å². The molecule has 132 valence electrons. The molecule has 0 heterocycles. The van der Waals surface area contributed by atoms with Crippen molar-refractivity contribution in [1.29, 1.82) is 0 Å². The molecule has 5 heteroatoms. The van der Waals surface area contributed by atoms with Gasteiger partial charge in [-0.05, 0) is 47.7 Å². The van der Waals surface area contributed by atoms with E-state index in [0.717, 1.165) is 41.8 Å². The lowest BCUT2D eigenvalue weighted by molar-refractivity contribution is -0.137. The molecule has 0 saturated carbocycles. The minimum atomic E-state index is -4.36. The van der Waals surface area contributed by atoms with Gasteiger partial charge < -0.3 is 5.32 Å². The summed E-state index contributed by atoms with van der Waals surface area (Å²) in [5.41, 5.74) is 2.74. The summed E-state index contributed by atoms with van der Waals surface area (Å²) in [5, 5.41) is 2.88. The molecule has 2 rings (SSSR count). The fourth-order valence-corrected chi connectivity index (χ4v) is 2.52. The van der Waals surface area contributed by atoms with E-state index in [1.807, 2.05) is 32.0 Å². The first kappa shape index (κ1) is 18.8. The molecule has 2 aromatic rings. The highest BCUT2D eigenvalue weighted by atomic mass is 19.4. The van der Waals surface area contributed by atoms with Crippen LogP contribution in [-0.4, -0.2) is 5.91 Å². The fourth-order valence-electron chi connectivity index (χ4n) is 2.52. The van der Waals surface area contributed by atoms with Gasteiger partial charge in [-0.25, -0.2) is 0 Å². The van der Waals surface area contributed by atoms with E-state index < -0.39 is 11.7 Å². The molecule has 2 aromatic carbocycles. The Labute approximate surface area is 145 Å². The van der Waals surface area contributed by atoms with E-state index in [4.69, 9.17) is 0 Å². The number of nitrogens with one attached hydrogen (secondary N) is 1. The molecule has 1 amide bonds. The molecule has 0 atom stereocenters. The lowest BCUT2D eigenvalue weighted by atomic mass is 10.0. The summed E-state index contributed by atoms with van der Waals surface area (Å²) in [4.78, 5) is 12.2. The van der Waals surface area contributed by atoms with Crippen molar-refractivity contribution >= 4 is 17.7 Å². The Morgan fingerprint density at radius 3 is 2.04 bits per heavy atom. The van der Waals surface area contributed by atoms with Gasteiger partial charge in [0.15, 0.2) is 0 Å². The van der Waals surface area contributed by atoms with Gasteiger partial charge in [0.25, 0.3) is 0 Å². The number of halogens is 3. The van der Waals surface area contributed by atoms with E-state index in [0.29, 0.717) is 5.56 Å². The second-order valence-corrected chi connectivity index (χ2v) is 5.60. The zero-order chi connectivity index (χ0) is 18.4. The van der Waals surface area contributed by atoms with Crippen molar-refractivity contribution in [3.8, 4) is 0 Å².